The second-order valence-electron chi connectivity index (χ2n) is 23.5. The molecule has 3 aliphatic heterocycles. The summed E-state index contributed by atoms with van der Waals surface area (Å²) in [4.78, 5) is 127. The van der Waals surface area contributed by atoms with Crippen LogP contribution in [0.25, 0.3) is 0 Å². The number of carbonyl (C=O) groups is 9. The summed E-state index contributed by atoms with van der Waals surface area (Å²) >= 11 is 0. The Morgan fingerprint density at radius 1 is 0.768 bits per heavy atom. The molecule has 0 aliphatic carbocycles. The minimum absolute atomic E-state index is 0.0407. The van der Waals surface area contributed by atoms with E-state index in [0.717, 1.165) is 43.4 Å². The van der Waals surface area contributed by atoms with Gasteiger partial charge in [-0.3, -0.25) is 53.4 Å². The maximum Gasteiger partial charge on any atom is 0.264 e. The van der Waals surface area contributed by atoms with Crippen LogP contribution in [-0.2, 0) is 43.0 Å². The molecule has 1 unspecified atom stereocenters. The number of piperidine rings is 1. The molecule has 454 valence electrons. The second-order valence-corrected chi connectivity index (χ2v) is 23.5. The second kappa shape index (κ2) is 31.4. The average molecular weight is 1140 g/mol. The maximum absolute atomic E-state index is 14.7. The number of nitrogens with one attached hydrogen (secondary N) is 4. The molecule has 2 aromatic rings. The summed E-state index contributed by atoms with van der Waals surface area (Å²) < 4.78 is 12.1. The monoisotopic (exact) mass is 1140 g/mol. The van der Waals surface area contributed by atoms with Gasteiger partial charge in [0, 0.05) is 59.9 Å². The number of likely N-dealkylation sites (tertiary alicyclic amines) is 1. The van der Waals surface area contributed by atoms with Gasteiger partial charge >= 0.3 is 0 Å². The number of amides is 9. The molecule has 3 heterocycles. The molecule has 2 aromatic carbocycles. The number of imide groups is 2. The van der Waals surface area contributed by atoms with Gasteiger partial charge in [-0.15, -0.1) is 0 Å². The van der Waals surface area contributed by atoms with Crippen LogP contribution in [-0.4, -0.2) is 168 Å². The van der Waals surface area contributed by atoms with E-state index in [4.69, 9.17) is 9.47 Å². The maximum atomic E-state index is 14.7. The van der Waals surface area contributed by atoms with E-state index < -0.39 is 90.0 Å². The number of aliphatic hydroxyl groups is 1. The first-order valence-corrected chi connectivity index (χ1v) is 29.8. The Bertz CT molecular complexity index is 2530. The van der Waals surface area contributed by atoms with Crippen LogP contribution in [0.3, 0.4) is 0 Å². The summed E-state index contributed by atoms with van der Waals surface area (Å²) in [5.41, 5.74) is 1.68. The third-order valence-corrected chi connectivity index (χ3v) is 17.0. The molecular formula is C62H94N8O12. The molecule has 20 nitrogen and oxygen atoms in total. The third kappa shape index (κ3) is 16.5. The normalized spacial score (nSPS) is 19.6. The van der Waals surface area contributed by atoms with Gasteiger partial charge in [-0.2, -0.15) is 0 Å². The number of anilines is 1. The van der Waals surface area contributed by atoms with E-state index in [1.54, 1.807) is 68.1 Å². The van der Waals surface area contributed by atoms with Crippen molar-refractivity contribution in [3.05, 3.63) is 65.2 Å². The Hall–Kier alpha value is -6.25. The van der Waals surface area contributed by atoms with Gasteiger partial charge in [0.2, 0.25) is 41.4 Å². The lowest BCUT2D eigenvalue weighted by Crippen LogP contribution is -2.60. The molecule has 0 aromatic heterocycles. The van der Waals surface area contributed by atoms with E-state index in [2.05, 4.69) is 21.3 Å². The number of ether oxygens (including phenoxy) is 2. The van der Waals surface area contributed by atoms with E-state index in [0.29, 0.717) is 50.0 Å². The lowest BCUT2D eigenvalue weighted by atomic mass is 9.89. The summed E-state index contributed by atoms with van der Waals surface area (Å²) in [5, 5.41) is 22.4. The Morgan fingerprint density at radius 2 is 1.43 bits per heavy atom. The molecular weight excluding hydrogens is 1050 g/mol. The molecule has 11 atom stereocenters. The molecule has 5 rings (SSSR count). The highest BCUT2D eigenvalue weighted by Crippen LogP contribution is 2.34. The van der Waals surface area contributed by atoms with Crippen LogP contribution >= 0.6 is 0 Å². The standard InChI is InChI=1S/C62H94N8O12/c1-13-39(6)54(47(81-11)36-50(73)69-35-25-30-45(69)56(82-12)40(7)57(75)64-41(8)55(74)42-26-20-19-21-27-42)68(10)62(80)52(37(2)3)66-59(77)53(38(4)5)67(9)49(72)31-22-17-15-14-16-18-23-34-63-44-29-24-28-43-51(44)61(79)70(60(43)78)46-32-33-48(71)65-58(46)76/h19-21,24,26-29,37-41,45-47,52-56,63,74H,13-18,22-23,25,30-36H2,1-12H3,(H,64,75)(H,66,77)(H,65,71,76)/t39-,40+,41+,45-,46?,47+,52-,53-,54-,55+,56+/m0/s1. The zero-order valence-corrected chi connectivity index (χ0v) is 50.7. The minimum Gasteiger partial charge on any atom is -0.386 e. The summed E-state index contributed by atoms with van der Waals surface area (Å²) in [6, 6.07) is 9.79. The number of benzene rings is 2. The zero-order valence-electron chi connectivity index (χ0n) is 50.7. The SMILES string of the molecule is CC[C@H](C)[C@@H]([C@@H](CC(=O)N1CCC[C@H]1[C@H](OC)[C@@H](C)C(=O)N[C@H](C)[C@@H](O)c1ccccc1)OC)N(C)C(=O)[C@@H](NC(=O)[C@H](C(C)C)N(C)C(=O)CCCCCCCCCNc1cccc2c1C(=O)N(C1CCC(=O)NC1=O)C2=O)C(C)C. The number of carbonyl (C=O) groups excluding carboxylic acids is 9. The van der Waals surface area contributed by atoms with Crippen LogP contribution in [0.5, 0.6) is 0 Å². The number of methoxy groups -OCH3 is 2. The van der Waals surface area contributed by atoms with Crippen LogP contribution in [0.4, 0.5) is 5.69 Å². The van der Waals surface area contributed by atoms with Gasteiger partial charge in [-0.1, -0.05) is 123 Å². The third-order valence-electron chi connectivity index (χ3n) is 17.0. The molecule has 0 radical (unpaired) electrons. The summed E-state index contributed by atoms with van der Waals surface area (Å²) in [5.74, 6) is -4.94. The van der Waals surface area contributed by atoms with Gasteiger partial charge in [0.25, 0.3) is 11.8 Å². The topological polar surface area (TPSA) is 253 Å². The van der Waals surface area contributed by atoms with Crippen LogP contribution in [0.1, 0.15) is 178 Å². The predicted molar refractivity (Wildman–Crippen MR) is 312 cm³/mol. The highest BCUT2D eigenvalue weighted by atomic mass is 16.5. The van der Waals surface area contributed by atoms with E-state index in [9.17, 15) is 48.3 Å². The van der Waals surface area contributed by atoms with Gasteiger partial charge in [0.15, 0.2) is 0 Å². The first kappa shape index (κ1) is 66.5. The minimum atomic E-state index is -1.03. The van der Waals surface area contributed by atoms with Gasteiger partial charge in [0.1, 0.15) is 18.1 Å². The fourth-order valence-corrected chi connectivity index (χ4v) is 12.1. The van der Waals surface area contributed by atoms with E-state index in [1.807, 2.05) is 59.7 Å². The lowest BCUT2D eigenvalue weighted by Gasteiger charge is -2.41. The highest BCUT2D eigenvalue weighted by molar-refractivity contribution is 6.25. The summed E-state index contributed by atoms with van der Waals surface area (Å²) in [7, 11) is 6.39. The van der Waals surface area contributed by atoms with Crippen molar-refractivity contribution >= 4 is 58.9 Å². The van der Waals surface area contributed by atoms with Gasteiger partial charge in [0.05, 0.1) is 59.9 Å². The van der Waals surface area contributed by atoms with E-state index >= 15 is 0 Å². The Labute approximate surface area is 485 Å². The number of unbranched alkanes of at least 4 members (excludes halogenated alkanes) is 6. The smallest absolute Gasteiger partial charge is 0.264 e. The van der Waals surface area contributed by atoms with Crippen LogP contribution in [0, 0.1) is 23.7 Å². The van der Waals surface area contributed by atoms with Crippen LogP contribution in [0.15, 0.2) is 48.5 Å². The van der Waals surface area contributed by atoms with Crippen LogP contribution in [0.2, 0.25) is 0 Å². The van der Waals surface area contributed by atoms with Crippen molar-refractivity contribution in [2.24, 2.45) is 23.7 Å². The Balaban J connectivity index is 1.09. The molecule has 0 saturated carbocycles. The first-order chi connectivity index (χ1) is 39.0. The van der Waals surface area contributed by atoms with E-state index in [1.165, 1.54) is 19.1 Å². The predicted octanol–water partition coefficient (Wildman–Crippen LogP) is 6.40. The first-order valence-electron chi connectivity index (χ1n) is 29.8. The number of rotatable bonds is 32. The quantitative estimate of drug-likeness (QED) is 0.0393. The number of nitrogens with zero attached hydrogens (tertiary/aromatic N) is 4. The number of likely N-dealkylation sites (N-methyl/N-ethyl adjacent to an activating group) is 2. The summed E-state index contributed by atoms with van der Waals surface area (Å²) in [6.45, 7) is 16.0. The van der Waals surface area contributed by atoms with Crippen molar-refractivity contribution in [2.75, 3.05) is 46.7 Å². The average Bonchev–Trinajstić information content (AvgIpc) is 4.25. The molecule has 3 aliphatic rings. The van der Waals surface area contributed by atoms with Crippen molar-refractivity contribution in [1.82, 2.24) is 35.6 Å². The largest absolute Gasteiger partial charge is 0.386 e. The molecule has 0 spiro atoms. The lowest BCUT2D eigenvalue weighted by molar-refractivity contribution is -0.148. The molecule has 20 heteroatoms. The number of aliphatic hydroxyl groups excluding tert-OH is 1. The van der Waals surface area contributed by atoms with Crippen molar-refractivity contribution in [3.63, 3.8) is 0 Å². The Kier molecular flexibility index (Phi) is 25.5. The molecule has 82 heavy (non-hydrogen) atoms. The van der Waals surface area contributed by atoms with Crippen LogP contribution < -0.4 is 21.3 Å². The van der Waals surface area contributed by atoms with Crippen molar-refractivity contribution < 1.29 is 57.7 Å². The fourth-order valence-electron chi connectivity index (χ4n) is 12.1. The molecule has 9 amide bonds. The van der Waals surface area contributed by atoms with Crippen molar-refractivity contribution in [1.29, 1.82) is 0 Å². The molecule has 0 bridgehead atoms. The number of hydrogen-bond donors (Lipinski definition) is 5. The zero-order chi connectivity index (χ0) is 60.5. The number of hydrogen-bond acceptors (Lipinski definition) is 13. The van der Waals surface area contributed by atoms with E-state index in [-0.39, 0.29) is 78.2 Å². The Morgan fingerprint density at radius 3 is 2.04 bits per heavy atom. The summed E-state index contributed by atoms with van der Waals surface area (Å²) in [6.07, 6.45) is 6.20. The molecule has 2 fully saturated rings. The van der Waals surface area contributed by atoms with Gasteiger partial charge < -0.3 is 45.2 Å². The number of fused-ring (bicyclic) bond motifs is 1. The van der Waals surface area contributed by atoms with Crippen molar-refractivity contribution in [3.8, 4) is 0 Å². The highest BCUT2D eigenvalue weighted by Gasteiger charge is 2.47. The van der Waals surface area contributed by atoms with Gasteiger partial charge in [-0.25, -0.2) is 0 Å². The van der Waals surface area contributed by atoms with Crippen molar-refractivity contribution in [2.45, 2.75) is 200 Å². The fraction of sp³-hybridized carbons (Fsp3) is 0.661. The molecule has 5 N–H and O–H groups in total. The molecule has 2 saturated heterocycles. The van der Waals surface area contributed by atoms with Gasteiger partial charge in [-0.05, 0) is 74.5 Å².